The first-order valence-electron chi connectivity index (χ1n) is 6.14. The summed E-state index contributed by atoms with van der Waals surface area (Å²) in [6, 6.07) is 0.0122. The van der Waals surface area contributed by atoms with Crippen LogP contribution in [0.25, 0.3) is 0 Å². The van der Waals surface area contributed by atoms with Crippen molar-refractivity contribution in [3.05, 3.63) is 0 Å². The summed E-state index contributed by atoms with van der Waals surface area (Å²) in [6.07, 6.45) is 2.12. The minimum Gasteiger partial charge on any atom is -0.341 e. The highest BCUT2D eigenvalue weighted by Gasteiger charge is 2.28. The van der Waals surface area contributed by atoms with E-state index in [4.69, 9.17) is 5.73 Å². The molecule has 1 atom stereocenters. The molecule has 0 aromatic rings. The number of likely N-dealkylation sites (N-methyl/N-ethyl adjacent to an activating group) is 1. The Balaban J connectivity index is 0.00000256. The molecule has 1 aliphatic rings. The average Bonchev–Trinajstić information content (AvgIpc) is 2.27. The van der Waals surface area contributed by atoms with Gasteiger partial charge in [-0.2, -0.15) is 0 Å². The molecule has 0 bridgehead atoms. The van der Waals surface area contributed by atoms with Gasteiger partial charge in [-0.1, -0.05) is 13.8 Å². The van der Waals surface area contributed by atoms with Crippen LogP contribution in [0.1, 0.15) is 26.7 Å². The molecule has 17 heavy (non-hydrogen) atoms. The van der Waals surface area contributed by atoms with Crippen molar-refractivity contribution < 1.29 is 4.79 Å². The van der Waals surface area contributed by atoms with Gasteiger partial charge in [0, 0.05) is 13.1 Å². The lowest BCUT2D eigenvalue weighted by molar-refractivity contribution is -0.135. The summed E-state index contributed by atoms with van der Waals surface area (Å²) >= 11 is 0. The molecule has 0 aromatic carbocycles. The van der Waals surface area contributed by atoms with Crippen molar-refractivity contribution >= 4 is 18.3 Å². The summed E-state index contributed by atoms with van der Waals surface area (Å²) in [5.74, 6) is 0.297. The van der Waals surface area contributed by atoms with Gasteiger partial charge in [-0.3, -0.25) is 4.79 Å². The Labute approximate surface area is 111 Å². The van der Waals surface area contributed by atoms with E-state index in [1.54, 1.807) is 0 Å². The van der Waals surface area contributed by atoms with Crippen molar-refractivity contribution in [2.24, 2.45) is 11.7 Å². The number of hydrogen-bond donors (Lipinski definition) is 1. The van der Waals surface area contributed by atoms with Crippen molar-refractivity contribution in [3.8, 4) is 0 Å². The lowest BCUT2D eigenvalue weighted by atomic mass is 10.00. The van der Waals surface area contributed by atoms with Crippen molar-refractivity contribution in [2.75, 3.05) is 27.2 Å². The summed E-state index contributed by atoms with van der Waals surface area (Å²) in [6.45, 7) is 6.12. The van der Waals surface area contributed by atoms with Gasteiger partial charge in [0.1, 0.15) is 0 Å². The topological polar surface area (TPSA) is 49.6 Å². The largest absolute Gasteiger partial charge is 0.341 e. The maximum atomic E-state index is 12.1. The maximum Gasteiger partial charge on any atom is 0.239 e. The van der Waals surface area contributed by atoms with Crippen LogP contribution in [0.5, 0.6) is 0 Å². The Morgan fingerprint density at radius 3 is 2.24 bits per heavy atom. The van der Waals surface area contributed by atoms with Gasteiger partial charge >= 0.3 is 0 Å². The van der Waals surface area contributed by atoms with Gasteiger partial charge in [0.25, 0.3) is 0 Å². The fourth-order valence-electron chi connectivity index (χ4n) is 2.08. The van der Waals surface area contributed by atoms with E-state index in [-0.39, 0.29) is 30.3 Å². The first-order valence-corrected chi connectivity index (χ1v) is 6.14. The number of carbonyl (C=O) groups is 1. The summed E-state index contributed by atoms with van der Waals surface area (Å²) < 4.78 is 0. The molecule has 2 N–H and O–H groups in total. The van der Waals surface area contributed by atoms with Gasteiger partial charge in [0.05, 0.1) is 6.04 Å². The molecular weight excluding hydrogens is 238 g/mol. The van der Waals surface area contributed by atoms with Gasteiger partial charge in [0.15, 0.2) is 0 Å². The van der Waals surface area contributed by atoms with E-state index < -0.39 is 0 Å². The normalized spacial score (nSPS) is 19.9. The van der Waals surface area contributed by atoms with Crippen LogP contribution in [0, 0.1) is 5.92 Å². The first-order chi connectivity index (χ1) is 7.43. The fourth-order valence-corrected chi connectivity index (χ4v) is 2.08. The number of carbonyl (C=O) groups excluding carboxylic acids is 1. The molecule has 4 nitrogen and oxygen atoms in total. The smallest absolute Gasteiger partial charge is 0.239 e. The maximum absolute atomic E-state index is 12.1. The number of piperidine rings is 1. The monoisotopic (exact) mass is 263 g/mol. The molecule has 0 saturated carbocycles. The molecule has 1 amide bonds. The SMILES string of the molecule is CC(C)C(N)C(=O)N(C)C1CCN(C)CC1.Cl. The lowest BCUT2D eigenvalue weighted by Gasteiger charge is -2.36. The van der Waals surface area contributed by atoms with Crippen molar-refractivity contribution in [3.63, 3.8) is 0 Å². The molecule has 1 rings (SSSR count). The van der Waals surface area contributed by atoms with Crippen LogP contribution in [-0.4, -0.2) is 55.0 Å². The third kappa shape index (κ3) is 4.45. The quantitative estimate of drug-likeness (QED) is 0.825. The number of likely N-dealkylation sites (tertiary alicyclic amines) is 1. The Bertz CT molecular complexity index is 240. The Hall–Kier alpha value is -0.320. The zero-order chi connectivity index (χ0) is 12.3. The summed E-state index contributed by atoms with van der Waals surface area (Å²) in [4.78, 5) is 16.2. The van der Waals surface area contributed by atoms with Gasteiger partial charge in [0.2, 0.25) is 5.91 Å². The van der Waals surface area contributed by atoms with Gasteiger partial charge in [-0.25, -0.2) is 0 Å². The van der Waals surface area contributed by atoms with E-state index in [1.165, 1.54) is 0 Å². The Morgan fingerprint density at radius 1 is 1.35 bits per heavy atom. The molecule has 1 aliphatic heterocycles. The number of rotatable bonds is 3. The van der Waals surface area contributed by atoms with Crippen LogP contribution in [0.2, 0.25) is 0 Å². The molecule has 1 heterocycles. The highest BCUT2D eigenvalue weighted by molar-refractivity contribution is 5.85. The number of halogens is 1. The van der Waals surface area contributed by atoms with E-state index in [0.717, 1.165) is 25.9 Å². The van der Waals surface area contributed by atoms with Crippen LogP contribution in [0.15, 0.2) is 0 Å². The number of amides is 1. The zero-order valence-corrected chi connectivity index (χ0v) is 12.2. The highest BCUT2D eigenvalue weighted by Crippen LogP contribution is 2.15. The molecule has 102 valence electrons. The average molecular weight is 264 g/mol. The molecular formula is C12H26ClN3O. The van der Waals surface area contributed by atoms with E-state index in [1.807, 2.05) is 25.8 Å². The predicted octanol–water partition coefficient (Wildman–Crippen LogP) is 0.944. The molecule has 5 heteroatoms. The first kappa shape index (κ1) is 16.7. The third-order valence-corrected chi connectivity index (χ3v) is 3.59. The van der Waals surface area contributed by atoms with Crippen molar-refractivity contribution in [2.45, 2.75) is 38.8 Å². The van der Waals surface area contributed by atoms with Gasteiger partial charge in [-0.05, 0) is 38.9 Å². The molecule has 0 spiro atoms. The van der Waals surface area contributed by atoms with Crippen LogP contribution in [-0.2, 0) is 4.79 Å². The number of hydrogen-bond acceptors (Lipinski definition) is 3. The highest BCUT2D eigenvalue weighted by atomic mass is 35.5. The van der Waals surface area contributed by atoms with Crippen LogP contribution in [0.4, 0.5) is 0 Å². The van der Waals surface area contributed by atoms with E-state index in [2.05, 4.69) is 11.9 Å². The Morgan fingerprint density at radius 2 is 1.82 bits per heavy atom. The lowest BCUT2D eigenvalue weighted by Crippen LogP contribution is -2.51. The number of nitrogens with two attached hydrogens (primary N) is 1. The van der Waals surface area contributed by atoms with Gasteiger partial charge < -0.3 is 15.5 Å². The zero-order valence-electron chi connectivity index (χ0n) is 11.3. The predicted molar refractivity (Wildman–Crippen MR) is 73.4 cm³/mol. The van der Waals surface area contributed by atoms with Gasteiger partial charge in [-0.15, -0.1) is 12.4 Å². The van der Waals surface area contributed by atoms with Crippen molar-refractivity contribution in [1.29, 1.82) is 0 Å². The molecule has 0 radical (unpaired) electrons. The molecule has 0 aromatic heterocycles. The van der Waals surface area contributed by atoms with Crippen LogP contribution >= 0.6 is 12.4 Å². The van der Waals surface area contributed by atoms with E-state index >= 15 is 0 Å². The minimum absolute atomic E-state index is 0. The summed E-state index contributed by atoms with van der Waals surface area (Å²) in [5, 5.41) is 0. The minimum atomic E-state index is -0.357. The van der Waals surface area contributed by atoms with Crippen LogP contribution < -0.4 is 5.73 Å². The van der Waals surface area contributed by atoms with Crippen LogP contribution in [0.3, 0.4) is 0 Å². The Kier molecular flexibility index (Phi) is 7.05. The van der Waals surface area contributed by atoms with E-state index in [0.29, 0.717) is 6.04 Å². The standard InChI is InChI=1S/C12H25N3O.ClH/c1-9(2)11(13)12(16)15(4)10-5-7-14(3)8-6-10;/h9-11H,5-8,13H2,1-4H3;1H. The number of nitrogens with zero attached hydrogens (tertiary/aromatic N) is 2. The van der Waals surface area contributed by atoms with Crippen molar-refractivity contribution in [1.82, 2.24) is 9.80 Å². The molecule has 1 fully saturated rings. The third-order valence-electron chi connectivity index (χ3n) is 3.59. The second kappa shape index (κ2) is 7.19. The summed E-state index contributed by atoms with van der Waals surface area (Å²) in [7, 11) is 4.01. The summed E-state index contributed by atoms with van der Waals surface area (Å²) in [5.41, 5.74) is 5.89. The second-order valence-corrected chi connectivity index (χ2v) is 5.25. The molecule has 1 saturated heterocycles. The van der Waals surface area contributed by atoms with E-state index in [9.17, 15) is 4.79 Å². The molecule has 0 aliphatic carbocycles. The second-order valence-electron chi connectivity index (χ2n) is 5.25. The fraction of sp³-hybridized carbons (Fsp3) is 0.917. The molecule has 1 unspecified atom stereocenters.